The number of likely N-dealkylation sites (N-methyl/N-ethyl adjacent to an activating group) is 1. The Balaban J connectivity index is 2.25. The van der Waals surface area contributed by atoms with E-state index in [2.05, 4.69) is 12.4 Å². The molecule has 0 aromatic carbocycles. The molecule has 1 unspecified atom stereocenters. The fourth-order valence-electron chi connectivity index (χ4n) is 1.57. The Labute approximate surface area is 62.0 Å². The van der Waals surface area contributed by atoms with Crippen molar-refractivity contribution in [1.82, 2.24) is 0 Å². The molecule has 1 saturated heterocycles. The molecule has 0 radical (unpaired) electrons. The van der Waals surface area contributed by atoms with Gasteiger partial charge in [0.15, 0.2) is 0 Å². The van der Waals surface area contributed by atoms with Gasteiger partial charge in [-0.1, -0.05) is 0 Å². The Morgan fingerprint density at radius 1 is 1.70 bits per heavy atom. The summed E-state index contributed by atoms with van der Waals surface area (Å²) in [6.07, 6.45) is 0.961. The molecule has 1 aliphatic heterocycles. The molecule has 1 aliphatic rings. The third-order valence-electron chi connectivity index (χ3n) is 2.37. The smallest absolute Gasteiger partial charge is 0.139 e. The van der Waals surface area contributed by atoms with Crippen molar-refractivity contribution in [2.45, 2.75) is 12.5 Å². The molecule has 0 aliphatic carbocycles. The number of nitrogens with two attached hydrogens (primary N) is 1. The van der Waals surface area contributed by atoms with E-state index in [4.69, 9.17) is 5.11 Å². The molecule has 4 N–H and O–H groups in total. The molecular weight excluding hydrogens is 128 g/mol. The first kappa shape index (κ1) is 7.98. The van der Waals surface area contributed by atoms with Gasteiger partial charge in [0.25, 0.3) is 0 Å². The SMILES string of the molecule is C[NH+]1CC[NH2+]C[C@H]1CCO. The Kier molecular flexibility index (Phi) is 3.12. The van der Waals surface area contributed by atoms with Crippen molar-refractivity contribution >= 4 is 0 Å². The van der Waals surface area contributed by atoms with Crippen molar-refractivity contribution in [3.8, 4) is 0 Å². The molecule has 0 spiro atoms. The largest absolute Gasteiger partial charge is 0.396 e. The van der Waals surface area contributed by atoms with Crippen LogP contribution < -0.4 is 10.2 Å². The summed E-state index contributed by atoms with van der Waals surface area (Å²) in [5.74, 6) is 0. The molecule has 1 fully saturated rings. The number of aliphatic hydroxyl groups is 1. The number of hydrogen-bond donors (Lipinski definition) is 3. The van der Waals surface area contributed by atoms with E-state index in [-0.39, 0.29) is 0 Å². The second-order valence-electron chi connectivity index (χ2n) is 3.12. The van der Waals surface area contributed by atoms with Gasteiger partial charge in [0.1, 0.15) is 25.7 Å². The fourth-order valence-corrected chi connectivity index (χ4v) is 1.57. The fraction of sp³-hybridized carbons (Fsp3) is 1.00. The monoisotopic (exact) mass is 146 g/mol. The minimum Gasteiger partial charge on any atom is -0.396 e. The first-order valence-electron chi connectivity index (χ1n) is 4.09. The van der Waals surface area contributed by atoms with Gasteiger partial charge in [-0.3, -0.25) is 0 Å². The zero-order valence-corrected chi connectivity index (χ0v) is 6.64. The summed E-state index contributed by atoms with van der Waals surface area (Å²) in [6.45, 7) is 4.01. The van der Waals surface area contributed by atoms with Gasteiger partial charge in [-0.2, -0.15) is 0 Å². The summed E-state index contributed by atoms with van der Waals surface area (Å²) in [6, 6.07) is 0.679. The maximum absolute atomic E-state index is 8.71. The third kappa shape index (κ3) is 1.94. The average Bonchev–Trinajstić information content (AvgIpc) is 1.94. The number of quaternary nitrogens is 2. The molecule has 0 amide bonds. The summed E-state index contributed by atoms with van der Waals surface area (Å²) >= 11 is 0. The van der Waals surface area contributed by atoms with Crippen LogP contribution in [0.3, 0.4) is 0 Å². The predicted octanol–water partition coefficient (Wildman–Crippen LogP) is -3.17. The van der Waals surface area contributed by atoms with E-state index in [1.807, 2.05) is 0 Å². The van der Waals surface area contributed by atoms with Gasteiger partial charge in [-0.15, -0.1) is 0 Å². The number of nitrogens with one attached hydrogen (secondary N) is 1. The molecular formula is C7H18N2O+2. The summed E-state index contributed by atoms with van der Waals surface area (Å²) in [5.41, 5.74) is 0. The second-order valence-corrected chi connectivity index (χ2v) is 3.12. The molecule has 1 heterocycles. The molecule has 0 bridgehead atoms. The van der Waals surface area contributed by atoms with E-state index in [1.165, 1.54) is 19.6 Å². The Morgan fingerprint density at radius 2 is 2.50 bits per heavy atom. The van der Waals surface area contributed by atoms with Crippen LogP contribution in [0.4, 0.5) is 0 Å². The zero-order valence-electron chi connectivity index (χ0n) is 6.64. The maximum atomic E-state index is 8.71. The van der Waals surface area contributed by atoms with E-state index in [1.54, 1.807) is 4.90 Å². The van der Waals surface area contributed by atoms with Crippen LogP contribution in [0, 0.1) is 0 Å². The Bertz CT molecular complexity index is 95.6. The van der Waals surface area contributed by atoms with Crippen LogP contribution in [0.5, 0.6) is 0 Å². The van der Waals surface area contributed by atoms with E-state index in [0.717, 1.165) is 6.42 Å². The maximum Gasteiger partial charge on any atom is 0.139 e. The second kappa shape index (κ2) is 3.91. The highest BCUT2D eigenvalue weighted by molar-refractivity contribution is 4.53. The topological polar surface area (TPSA) is 41.3 Å². The summed E-state index contributed by atoms with van der Waals surface area (Å²) in [5, 5.41) is 11.0. The molecule has 60 valence electrons. The van der Waals surface area contributed by atoms with Crippen molar-refractivity contribution in [3.05, 3.63) is 0 Å². The highest BCUT2D eigenvalue weighted by Gasteiger charge is 2.23. The van der Waals surface area contributed by atoms with E-state index in [9.17, 15) is 0 Å². The van der Waals surface area contributed by atoms with Crippen LogP contribution >= 0.6 is 0 Å². The van der Waals surface area contributed by atoms with Crippen molar-refractivity contribution in [1.29, 1.82) is 0 Å². The molecule has 10 heavy (non-hydrogen) atoms. The lowest BCUT2D eigenvalue weighted by atomic mass is 10.1. The zero-order chi connectivity index (χ0) is 7.40. The quantitative estimate of drug-likeness (QED) is 0.378. The lowest BCUT2D eigenvalue weighted by molar-refractivity contribution is -0.956. The molecule has 0 aromatic rings. The van der Waals surface area contributed by atoms with Crippen LogP contribution in [0.25, 0.3) is 0 Å². The van der Waals surface area contributed by atoms with Crippen LogP contribution in [0.15, 0.2) is 0 Å². The first-order valence-corrected chi connectivity index (χ1v) is 4.09. The number of rotatable bonds is 2. The molecule has 1 rings (SSSR count). The third-order valence-corrected chi connectivity index (χ3v) is 2.37. The van der Waals surface area contributed by atoms with Crippen LogP contribution in [-0.2, 0) is 0 Å². The van der Waals surface area contributed by atoms with Crippen LogP contribution in [-0.4, -0.2) is 44.4 Å². The van der Waals surface area contributed by atoms with E-state index in [0.29, 0.717) is 12.6 Å². The van der Waals surface area contributed by atoms with E-state index < -0.39 is 0 Å². The van der Waals surface area contributed by atoms with Crippen molar-refractivity contribution < 1.29 is 15.3 Å². The van der Waals surface area contributed by atoms with E-state index >= 15 is 0 Å². The number of piperazine rings is 1. The van der Waals surface area contributed by atoms with Gasteiger partial charge in [-0.05, 0) is 0 Å². The number of aliphatic hydroxyl groups excluding tert-OH is 1. The lowest BCUT2D eigenvalue weighted by Gasteiger charge is -2.26. The first-order chi connectivity index (χ1) is 4.84. The molecule has 0 aromatic heterocycles. The molecule has 3 nitrogen and oxygen atoms in total. The van der Waals surface area contributed by atoms with Gasteiger partial charge in [0.2, 0.25) is 0 Å². The van der Waals surface area contributed by atoms with Crippen molar-refractivity contribution in [2.24, 2.45) is 0 Å². The Morgan fingerprint density at radius 3 is 3.10 bits per heavy atom. The van der Waals surface area contributed by atoms with Gasteiger partial charge in [0.05, 0.1) is 7.05 Å². The predicted molar refractivity (Wildman–Crippen MR) is 38.9 cm³/mol. The van der Waals surface area contributed by atoms with Gasteiger partial charge in [-0.25, -0.2) is 0 Å². The van der Waals surface area contributed by atoms with Gasteiger partial charge in [0, 0.05) is 13.0 Å². The van der Waals surface area contributed by atoms with Crippen molar-refractivity contribution in [2.75, 3.05) is 33.3 Å². The average molecular weight is 146 g/mol. The minimum absolute atomic E-state index is 0.343. The highest BCUT2D eigenvalue weighted by Crippen LogP contribution is 1.82. The van der Waals surface area contributed by atoms with Crippen molar-refractivity contribution in [3.63, 3.8) is 0 Å². The minimum atomic E-state index is 0.343. The molecule has 2 atom stereocenters. The van der Waals surface area contributed by atoms with Gasteiger partial charge >= 0.3 is 0 Å². The highest BCUT2D eigenvalue weighted by atomic mass is 16.3. The molecule has 0 saturated carbocycles. The Hall–Kier alpha value is -0.120. The van der Waals surface area contributed by atoms with Crippen LogP contribution in [0.2, 0.25) is 0 Å². The van der Waals surface area contributed by atoms with Crippen LogP contribution in [0.1, 0.15) is 6.42 Å². The molecule has 3 heteroatoms. The number of hydrogen-bond acceptors (Lipinski definition) is 1. The summed E-state index contributed by atoms with van der Waals surface area (Å²) in [4.78, 5) is 1.58. The van der Waals surface area contributed by atoms with Gasteiger partial charge < -0.3 is 15.3 Å². The standard InChI is InChI=1S/C7H16N2O/c1-9-4-3-8-6-7(9)2-5-10/h7-8,10H,2-6H2,1H3/p+2/t7-/m1/s1. The summed E-state index contributed by atoms with van der Waals surface area (Å²) < 4.78 is 0. The normalized spacial score (nSPS) is 34.2. The lowest BCUT2D eigenvalue weighted by Crippen LogP contribution is -3.22. The summed E-state index contributed by atoms with van der Waals surface area (Å²) in [7, 11) is 2.22.